The predicted molar refractivity (Wildman–Crippen MR) is 99.5 cm³/mol. The van der Waals surface area contributed by atoms with E-state index in [1.54, 1.807) is 0 Å². The van der Waals surface area contributed by atoms with Gasteiger partial charge in [0.25, 0.3) is 0 Å². The third-order valence-corrected chi connectivity index (χ3v) is 3.60. The number of benzene rings is 1. The Labute approximate surface area is 138 Å². The van der Waals surface area contributed by atoms with Gasteiger partial charge in [0.2, 0.25) is 0 Å². The summed E-state index contributed by atoms with van der Waals surface area (Å²) in [5.74, 6) is 1.25. The van der Waals surface area contributed by atoms with E-state index in [0.29, 0.717) is 12.0 Å². The molecule has 0 aromatic heterocycles. The molecule has 0 aliphatic heterocycles. The molecule has 0 bridgehead atoms. The predicted octanol–water partition coefficient (Wildman–Crippen LogP) is 6.47. The van der Waals surface area contributed by atoms with Crippen molar-refractivity contribution in [2.24, 2.45) is 5.92 Å². The summed E-state index contributed by atoms with van der Waals surface area (Å²) >= 11 is 5.93. The lowest BCUT2D eigenvalue weighted by Crippen LogP contribution is -2.34. The van der Waals surface area contributed by atoms with Crippen LogP contribution in [0.3, 0.4) is 0 Å². The van der Waals surface area contributed by atoms with Crippen molar-refractivity contribution in [3.05, 3.63) is 34.9 Å². The molecule has 2 unspecified atom stereocenters. The fourth-order valence-electron chi connectivity index (χ4n) is 2.33. The van der Waals surface area contributed by atoms with E-state index in [1.165, 1.54) is 12.0 Å². The Morgan fingerprint density at radius 2 is 1.33 bits per heavy atom. The Bertz CT molecular complexity index is 330. The van der Waals surface area contributed by atoms with Crippen molar-refractivity contribution in [2.75, 3.05) is 14.1 Å². The summed E-state index contributed by atoms with van der Waals surface area (Å²) in [5, 5.41) is 0.811. The lowest BCUT2D eigenvalue weighted by molar-refractivity contribution is 0.225. The third kappa shape index (κ3) is 9.16. The summed E-state index contributed by atoms with van der Waals surface area (Å²) in [6, 6.07) is 8.83. The average Bonchev–Trinajstić information content (AvgIpc) is 2.48. The highest BCUT2D eigenvalue weighted by atomic mass is 35.5. The molecule has 0 radical (unpaired) electrons. The molecule has 0 heterocycles. The largest absolute Gasteiger partial charge is 0.306 e. The van der Waals surface area contributed by atoms with Crippen LogP contribution in [0, 0.1) is 5.92 Å². The van der Waals surface area contributed by atoms with Crippen LogP contribution in [0.4, 0.5) is 0 Å². The van der Waals surface area contributed by atoms with Crippen LogP contribution in [0.5, 0.6) is 0 Å². The second kappa shape index (κ2) is 13.2. The number of nitrogens with zero attached hydrogens (tertiary/aromatic N) is 1. The minimum atomic E-state index is 0.532. The van der Waals surface area contributed by atoms with Crippen molar-refractivity contribution in [3.8, 4) is 0 Å². The van der Waals surface area contributed by atoms with Gasteiger partial charge in [-0.15, -0.1) is 0 Å². The van der Waals surface area contributed by atoms with Gasteiger partial charge in [-0.05, 0) is 50.0 Å². The van der Waals surface area contributed by atoms with Gasteiger partial charge in [0.15, 0.2) is 0 Å². The van der Waals surface area contributed by atoms with Crippen LogP contribution < -0.4 is 0 Å². The van der Waals surface area contributed by atoms with Gasteiger partial charge in [-0.3, -0.25) is 0 Å². The number of likely N-dealkylation sites (N-methyl/N-ethyl adjacent to an activating group) is 1. The Hall–Kier alpha value is -0.530. The molecule has 0 N–H and O–H groups in total. The lowest BCUT2D eigenvalue weighted by atomic mass is 9.87. The number of halogens is 1. The molecular formula is C19H36ClN. The zero-order valence-corrected chi connectivity index (χ0v) is 16.3. The van der Waals surface area contributed by atoms with E-state index >= 15 is 0 Å². The smallest absolute Gasteiger partial charge is 0.0406 e. The summed E-state index contributed by atoms with van der Waals surface area (Å²) in [6.45, 7) is 14.9. The fraction of sp³-hybridized carbons (Fsp3) is 0.684. The zero-order valence-electron chi connectivity index (χ0n) is 15.6. The maximum Gasteiger partial charge on any atom is 0.0406 e. The summed E-state index contributed by atoms with van der Waals surface area (Å²) in [5.41, 5.74) is 1.37. The van der Waals surface area contributed by atoms with E-state index in [2.05, 4.69) is 51.9 Å². The van der Waals surface area contributed by atoms with Gasteiger partial charge in [0, 0.05) is 11.1 Å². The maximum absolute atomic E-state index is 5.93. The summed E-state index contributed by atoms with van der Waals surface area (Å²) in [4.78, 5) is 2.33. The molecule has 0 aliphatic rings. The monoisotopic (exact) mass is 313 g/mol. The van der Waals surface area contributed by atoms with Gasteiger partial charge >= 0.3 is 0 Å². The topological polar surface area (TPSA) is 3.24 Å². The van der Waals surface area contributed by atoms with Gasteiger partial charge in [-0.2, -0.15) is 0 Å². The van der Waals surface area contributed by atoms with Crippen molar-refractivity contribution < 1.29 is 0 Å². The minimum absolute atomic E-state index is 0.532. The quantitative estimate of drug-likeness (QED) is 0.602. The molecule has 124 valence electrons. The molecular weight excluding hydrogens is 278 g/mol. The summed E-state index contributed by atoms with van der Waals surface area (Å²) in [7, 11) is 4.33. The van der Waals surface area contributed by atoms with Gasteiger partial charge in [-0.25, -0.2) is 0 Å². The molecule has 0 fully saturated rings. The Morgan fingerprint density at radius 1 is 0.905 bits per heavy atom. The molecule has 2 atom stereocenters. The van der Waals surface area contributed by atoms with Crippen LogP contribution in [-0.2, 0) is 0 Å². The number of hydrogen-bond acceptors (Lipinski definition) is 1. The Kier molecular flexibility index (Phi) is 14.2. The molecule has 0 saturated heterocycles. The second-order valence-corrected chi connectivity index (χ2v) is 5.94. The van der Waals surface area contributed by atoms with Crippen LogP contribution in [-0.4, -0.2) is 25.0 Å². The van der Waals surface area contributed by atoms with Crippen molar-refractivity contribution in [2.45, 2.75) is 66.8 Å². The highest BCUT2D eigenvalue weighted by Crippen LogP contribution is 2.27. The third-order valence-electron chi connectivity index (χ3n) is 3.35. The molecule has 1 rings (SSSR count). The molecule has 1 nitrogen and oxygen atoms in total. The van der Waals surface area contributed by atoms with E-state index in [-0.39, 0.29) is 0 Å². The number of hydrogen-bond donors (Lipinski definition) is 0. The lowest BCUT2D eigenvalue weighted by Gasteiger charge is -2.32. The van der Waals surface area contributed by atoms with E-state index in [1.807, 2.05) is 39.8 Å². The Balaban J connectivity index is 0. The van der Waals surface area contributed by atoms with Crippen LogP contribution in [0.25, 0.3) is 0 Å². The normalized spacial score (nSPS) is 13.0. The molecule has 1 aromatic rings. The second-order valence-electron chi connectivity index (χ2n) is 5.50. The van der Waals surface area contributed by atoms with Gasteiger partial charge < -0.3 is 4.90 Å². The molecule has 2 heteroatoms. The molecule has 0 spiro atoms. The van der Waals surface area contributed by atoms with Crippen molar-refractivity contribution in [1.82, 2.24) is 4.90 Å². The fourth-order valence-corrected chi connectivity index (χ4v) is 2.46. The Morgan fingerprint density at radius 3 is 1.67 bits per heavy atom. The SMILES string of the molecule is CC.CC.CC(C)CC(C(C)c1ccc(Cl)cc1)N(C)C. The van der Waals surface area contributed by atoms with E-state index in [9.17, 15) is 0 Å². The zero-order chi connectivity index (χ0) is 17.0. The highest BCUT2D eigenvalue weighted by molar-refractivity contribution is 6.30. The van der Waals surface area contributed by atoms with Gasteiger partial charge in [0.1, 0.15) is 0 Å². The average molecular weight is 314 g/mol. The highest BCUT2D eigenvalue weighted by Gasteiger charge is 2.21. The van der Waals surface area contributed by atoms with Crippen LogP contribution in [0.2, 0.25) is 5.02 Å². The van der Waals surface area contributed by atoms with Crippen LogP contribution in [0.15, 0.2) is 24.3 Å². The molecule has 0 aliphatic carbocycles. The molecule has 0 saturated carbocycles. The summed E-state index contributed by atoms with van der Waals surface area (Å²) < 4.78 is 0. The summed E-state index contributed by atoms with van der Waals surface area (Å²) in [6.07, 6.45) is 1.22. The van der Waals surface area contributed by atoms with E-state index < -0.39 is 0 Å². The first kappa shape index (κ1) is 22.7. The van der Waals surface area contributed by atoms with Crippen molar-refractivity contribution >= 4 is 11.6 Å². The van der Waals surface area contributed by atoms with Gasteiger partial charge in [-0.1, -0.05) is 72.2 Å². The van der Waals surface area contributed by atoms with Crippen molar-refractivity contribution in [1.29, 1.82) is 0 Å². The van der Waals surface area contributed by atoms with Gasteiger partial charge in [0.05, 0.1) is 0 Å². The van der Waals surface area contributed by atoms with Crippen LogP contribution in [0.1, 0.15) is 66.4 Å². The maximum atomic E-state index is 5.93. The first-order chi connectivity index (χ1) is 9.91. The van der Waals surface area contributed by atoms with E-state index in [0.717, 1.165) is 10.9 Å². The van der Waals surface area contributed by atoms with E-state index in [4.69, 9.17) is 11.6 Å². The van der Waals surface area contributed by atoms with Crippen LogP contribution >= 0.6 is 11.6 Å². The standard InChI is InChI=1S/C15H24ClN.2C2H6/c1-11(2)10-15(17(4)5)12(3)13-6-8-14(16)9-7-13;2*1-2/h6-9,11-12,15H,10H2,1-5H3;2*1-2H3. The first-order valence-electron chi connectivity index (χ1n) is 8.33. The molecule has 21 heavy (non-hydrogen) atoms. The first-order valence-corrected chi connectivity index (χ1v) is 8.71. The molecule has 0 amide bonds. The minimum Gasteiger partial charge on any atom is -0.306 e. The number of rotatable bonds is 5. The molecule has 1 aromatic carbocycles. The van der Waals surface area contributed by atoms with Crippen molar-refractivity contribution in [3.63, 3.8) is 0 Å².